The molecule has 2 bridgehead atoms. The maximum Gasteiger partial charge on any atom is 0.0508 e. The summed E-state index contributed by atoms with van der Waals surface area (Å²) in [7, 11) is 1.78. The van der Waals surface area contributed by atoms with Crippen LogP contribution in [0.4, 0.5) is 0 Å². The Morgan fingerprint density at radius 3 is 2.62 bits per heavy atom. The van der Waals surface area contributed by atoms with Gasteiger partial charge in [-0.05, 0) is 30.1 Å². The third kappa shape index (κ3) is 1.23. The molecule has 0 saturated heterocycles. The van der Waals surface area contributed by atoms with Gasteiger partial charge in [0.05, 0.1) is 6.61 Å². The van der Waals surface area contributed by atoms with Gasteiger partial charge >= 0.3 is 0 Å². The molecular formula is C11H21NO. The van der Waals surface area contributed by atoms with E-state index in [0.29, 0.717) is 17.4 Å². The van der Waals surface area contributed by atoms with E-state index in [9.17, 15) is 0 Å². The van der Waals surface area contributed by atoms with Crippen molar-refractivity contribution < 1.29 is 4.74 Å². The molecule has 0 amide bonds. The maximum atomic E-state index is 6.13. The van der Waals surface area contributed by atoms with Crippen molar-refractivity contribution in [1.29, 1.82) is 0 Å². The summed E-state index contributed by atoms with van der Waals surface area (Å²) in [5.41, 5.74) is 6.65. The number of hydrogen-bond acceptors (Lipinski definition) is 2. The van der Waals surface area contributed by atoms with E-state index in [4.69, 9.17) is 10.5 Å². The summed E-state index contributed by atoms with van der Waals surface area (Å²) >= 11 is 0. The van der Waals surface area contributed by atoms with Crippen molar-refractivity contribution in [3.8, 4) is 0 Å². The number of methoxy groups -OCH3 is 1. The lowest BCUT2D eigenvalue weighted by molar-refractivity contribution is -0.129. The number of rotatable bonds is 2. The van der Waals surface area contributed by atoms with E-state index in [1.165, 1.54) is 12.8 Å². The van der Waals surface area contributed by atoms with Crippen LogP contribution in [0.25, 0.3) is 0 Å². The molecule has 3 aliphatic rings. The van der Waals surface area contributed by atoms with E-state index in [1.807, 2.05) is 0 Å². The van der Waals surface area contributed by atoms with Crippen molar-refractivity contribution in [3.63, 3.8) is 0 Å². The minimum Gasteiger partial charge on any atom is -0.384 e. The molecule has 0 aromatic carbocycles. The lowest BCUT2D eigenvalue weighted by Gasteiger charge is -2.62. The van der Waals surface area contributed by atoms with E-state index >= 15 is 0 Å². The van der Waals surface area contributed by atoms with Gasteiger partial charge in [-0.15, -0.1) is 0 Å². The highest BCUT2D eigenvalue weighted by atomic mass is 16.5. The first kappa shape index (κ1) is 9.47. The molecule has 3 saturated carbocycles. The van der Waals surface area contributed by atoms with Gasteiger partial charge in [0.15, 0.2) is 0 Å². The zero-order valence-corrected chi connectivity index (χ0v) is 8.92. The lowest BCUT2D eigenvalue weighted by Crippen LogP contribution is -2.60. The Labute approximate surface area is 80.8 Å². The predicted molar refractivity (Wildman–Crippen MR) is 53.3 cm³/mol. The molecule has 2 nitrogen and oxygen atoms in total. The summed E-state index contributed by atoms with van der Waals surface area (Å²) in [6, 6.07) is 0.386. The van der Waals surface area contributed by atoms with E-state index in [2.05, 4.69) is 13.8 Å². The Bertz CT molecular complexity index is 202. The number of ether oxygens (including phenoxy) is 1. The molecule has 0 aliphatic heterocycles. The Morgan fingerprint density at radius 2 is 2.08 bits per heavy atom. The average Bonchev–Trinajstić information content (AvgIpc) is 2.08. The maximum absolute atomic E-state index is 6.13. The number of nitrogens with two attached hydrogens (primary N) is 1. The molecular weight excluding hydrogens is 162 g/mol. The van der Waals surface area contributed by atoms with Gasteiger partial charge in [-0.1, -0.05) is 13.8 Å². The third-order valence-electron chi connectivity index (χ3n) is 4.53. The van der Waals surface area contributed by atoms with Crippen molar-refractivity contribution >= 4 is 0 Å². The Morgan fingerprint density at radius 1 is 1.38 bits per heavy atom. The molecule has 0 unspecified atom stereocenters. The van der Waals surface area contributed by atoms with Gasteiger partial charge in [-0.25, -0.2) is 0 Å². The number of fused-ring (bicyclic) bond motifs is 2. The monoisotopic (exact) mass is 183 g/mol. The van der Waals surface area contributed by atoms with Crippen LogP contribution in [0.2, 0.25) is 0 Å². The molecule has 3 rings (SSSR count). The summed E-state index contributed by atoms with van der Waals surface area (Å²) < 4.78 is 5.26. The van der Waals surface area contributed by atoms with Gasteiger partial charge < -0.3 is 10.5 Å². The average molecular weight is 183 g/mol. The van der Waals surface area contributed by atoms with Gasteiger partial charge in [-0.3, -0.25) is 0 Å². The minimum atomic E-state index is 0.386. The molecule has 13 heavy (non-hydrogen) atoms. The fourth-order valence-corrected chi connectivity index (χ4v) is 3.42. The molecule has 0 aromatic rings. The van der Waals surface area contributed by atoms with Crippen LogP contribution in [-0.4, -0.2) is 19.8 Å². The number of hydrogen-bond donors (Lipinski definition) is 1. The molecule has 2 heteroatoms. The Hall–Kier alpha value is -0.0800. The molecule has 0 radical (unpaired) electrons. The normalized spacial score (nSPS) is 47.1. The van der Waals surface area contributed by atoms with Crippen LogP contribution in [0.15, 0.2) is 0 Å². The van der Waals surface area contributed by atoms with E-state index in [0.717, 1.165) is 18.4 Å². The zero-order chi connectivity index (χ0) is 9.64. The SMILES string of the molecule is COC[C@H]1[C@H](N)C[C@H]2C[C@@H]1C2(C)C. The first-order valence-corrected chi connectivity index (χ1v) is 5.32. The second-order valence-corrected chi connectivity index (χ2v) is 5.38. The van der Waals surface area contributed by atoms with Gasteiger partial charge in [-0.2, -0.15) is 0 Å². The first-order valence-electron chi connectivity index (χ1n) is 5.32. The molecule has 0 aromatic heterocycles. The third-order valence-corrected chi connectivity index (χ3v) is 4.53. The summed E-state index contributed by atoms with van der Waals surface area (Å²) in [4.78, 5) is 0. The van der Waals surface area contributed by atoms with Crippen LogP contribution in [0.3, 0.4) is 0 Å². The van der Waals surface area contributed by atoms with Gasteiger partial charge in [0.1, 0.15) is 0 Å². The second kappa shape index (κ2) is 2.96. The summed E-state index contributed by atoms with van der Waals surface area (Å²) in [6.45, 7) is 5.63. The van der Waals surface area contributed by atoms with Gasteiger partial charge in [0.25, 0.3) is 0 Å². The lowest BCUT2D eigenvalue weighted by atomic mass is 9.44. The predicted octanol–water partition coefficient (Wildman–Crippen LogP) is 1.64. The van der Waals surface area contributed by atoms with Crippen LogP contribution < -0.4 is 5.73 Å². The highest BCUT2D eigenvalue weighted by molar-refractivity contribution is 5.07. The van der Waals surface area contributed by atoms with Crippen molar-refractivity contribution in [2.45, 2.75) is 32.7 Å². The summed E-state index contributed by atoms with van der Waals surface area (Å²) in [5.74, 6) is 2.28. The minimum absolute atomic E-state index is 0.386. The first-order chi connectivity index (χ1) is 6.07. The fourth-order valence-electron chi connectivity index (χ4n) is 3.42. The zero-order valence-electron chi connectivity index (χ0n) is 8.92. The Balaban J connectivity index is 2.08. The highest BCUT2D eigenvalue weighted by Gasteiger charge is 2.56. The van der Waals surface area contributed by atoms with Crippen LogP contribution in [0, 0.1) is 23.2 Å². The molecule has 3 aliphatic carbocycles. The molecule has 0 spiro atoms. The van der Waals surface area contributed by atoms with Crippen molar-refractivity contribution in [2.24, 2.45) is 28.9 Å². The van der Waals surface area contributed by atoms with Crippen LogP contribution in [-0.2, 0) is 4.74 Å². The van der Waals surface area contributed by atoms with Crippen molar-refractivity contribution in [3.05, 3.63) is 0 Å². The molecule has 4 atom stereocenters. The summed E-state index contributed by atoms with van der Waals surface area (Å²) in [6.07, 6.45) is 2.59. The Kier molecular flexibility index (Phi) is 2.16. The van der Waals surface area contributed by atoms with Crippen molar-refractivity contribution in [1.82, 2.24) is 0 Å². The van der Waals surface area contributed by atoms with Crippen molar-refractivity contribution in [2.75, 3.05) is 13.7 Å². The topological polar surface area (TPSA) is 35.2 Å². The standard InChI is InChI=1S/C11H21NO/c1-11(2)7-4-9(11)8(6-13-3)10(12)5-7/h7-10H,4-6,12H2,1-3H3/t7-,8-,9+,10-/m1/s1. The van der Waals surface area contributed by atoms with Crippen LogP contribution >= 0.6 is 0 Å². The fraction of sp³-hybridized carbons (Fsp3) is 1.00. The smallest absolute Gasteiger partial charge is 0.0508 e. The molecule has 0 heterocycles. The molecule has 2 N–H and O–H groups in total. The largest absolute Gasteiger partial charge is 0.384 e. The quantitative estimate of drug-likeness (QED) is 0.706. The van der Waals surface area contributed by atoms with Crippen LogP contribution in [0.5, 0.6) is 0 Å². The molecule has 76 valence electrons. The second-order valence-electron chi connectivity index (χ2n) is 5.38. The van der Waals surface area contributed by atoms with E-state index in [1.54, 1.807) is 7.11 Å². The highest BCUT2D eigenvalue weighted by Crippen LogP contribution is 2.60. The molecule has 3 fully saturated rings. The van der Waals surface area contributed by atoms with Gasteiger partial charge in [0.2, 0.25) is 0 Å². The van der Waals surface area contributed by atoms with Gasteiger partial charge in [0, 0.05) is 19.1 Å². The van der Waals surface area contributed by atoms with Crippen LogP contribution in [0.1, 0.15) is 26.7 Å². The van der Waals surface area contributed by atoms with E-state index in [-0.39, 0.29) is 0 Å². The summed E-state index contributed by atoms with van der Waals surface area (Å²) in [5, 5.41) is 0. The van der Waals surface area contributed by atoms with E-state index < -0.39 is 0 Å².